The van der Waals surface area contributed by atoms with Gasteiger partial charge in [-0.05, 0) is 49.4 Å². The van der Waals surface area contributed by atoms with E-state index in [0.29, 0.717) is 11.5 Å². The number of para-hydroxylation sites is 1. The number of carbonyl (C=O) groups excluding carboxylic acids is 1. The van der Waals surface area contributed by atoms with Gasteiger partial charge in [0.15, 0.2) is 0 Å². The maximum Gasteiger partial charge on any atom is 0.255 e. The Kier molecular flexibility index (Phi) is 4.08. The third-order valence-corrected chi connectivity index (χ3v) is 5.65. The van der Waals surface area contributed by atoms with Crippen molar-refractivity contribution in [1.29, 1.82) is 0 Å². The fourth-order valence-corrected chi connectivity index (χ4v) is 4.21. The Morgan fingerprint density at radius 1 is 1.19 bits per heavy atom. The highest BCUT2D eigenvalue weighted by Gasteiger charge is 2.34. The van der Waals surface area contributed by atoms with Crippen LogP contribution in [0, 0.1) is 13.8 Å². The van der Waals surface area contributed by atoms with Gasteiger partial charge in [-0.3, -0.25) is 4.79 Å². The fourth-order valence-electron chi connectivity index (χ4n) is 3.19. The number of benzene rings is 1. The van der Waals surface area contributed by atoms with Gasteiger partial charge in [-0.25, -0.2) is 4.68 Å². The van der Waals surface area contributed by atoms with Gasteiger partial charge in [0.05, 0.1) is 5.57 Å². The molecule has 2 aromatic heterocycles. The molecule has 6 nitrogen and oxygen atoms in total. The molecular weight excluding hydrogens is 346 g/mol. The third-order valence-electron chi connectivity index (χ3n) is 4.58. The Bertz CT molecular complexity index is 1020. The van der Waals surface area contributed by atoms with Crippen molar-refractivity contribution in [1.82, 2.24) is 14.8 Å². The topological polar surface area (TPSA) is 71.8 Å². The Morgan fingerprint density at radius 3 is 2.73 bits per heavy atom. The summed E-state index contributed by atoms with van der Waals surface area (Å²) in [5.41, 5.74) is 4.40. The molecule has 0 spiro atoms. The Balaban J connectivity index is 1.78. The molecule has 0 unspecified atom stereocenters. The van der Waals surface area contributed by atoms with E-state index in [9.17, 15) is 4.79 Å². The lowest BCUT2D eigenvalue weighted by Crippen LogP contribution is -2.31. The van der Waals surface area contributed by atoms with Crippen molar-refractivity contribution in [3.63, 3.8) is 0 Å². The van der Waals surface area contributed by atoms with Gasteiger partial charge in [0.2, 0.25) is 5.95 Å². The molecule has 2 N–H and O–H groups in total. The maximum atomic E-state index is 13.2. The number of aromatic nitrogens is 3. The lowest BCUT2D eigenvalue weighted by molar-refractivity contribution is -0.113. The first kappa shape index (κ1) is 16.5. The van der Waals surface area contributed by atoms with E-state index in [4.69, 9.17) is 0 Å². The zero-order chi connectivity index (χ0) is 18.3. The lowest BCUT2D eigenvalue weighted by atomic mass is 9.98. The zero-order valence-electron chi connectivity index (χ0n) is 14.8. The number of amides is 1. The number of aryl methyl sites for hydroxylation is 2. The second-order valence-electron chi connectivity index (χ2n) is 6.33. The summed E-state index contributed by atoms with van der Waals surface area (Å²) in [6.07, 6.45) is 1.51. The minimum absolute atomic E-state index is 0.136. The molecule has 3 aromatic rings. The summed E-state index contributed by atoms with van der Waals surface area (Å²) in [5, 5.41) is 12.6. The Morgan fingerprint density at radius 2 is 2.00 bits per heavy atom. The number of allylic oxidation sites excluding steroid dienone is 1. The van der Waals surface area contributed by atoms with Crippen LogP contribution in [0.15, 0.2) is 53.3 Å². The summed E-state index contributed by atoms with van der Waals surface area (Å²) < 4.78 is 1.78. The number of rotatable bonds is 3. The van der Waals surface area contributed by atoms with Crippen molar-refractivity contribution in [2.75, 3.05) is 10.6 Å². The van der Waals surface area contributed by atoms with Crippen LogP contribution in [0.25, 0.3) is 0 Å². The molecule has 0 saturated heterocycles. The number of nitrogens with zero attached hydrogens (tertiary/aromatic N) is 3. The number of hydrogen-bond donors (Lipinski definition) is 2. The van der Waals surface area contributed by atoms with E-state index in [1.807, 2.05) is 43.5 Å². The number of carbonyl (C=O) groups is 1. The highest BCUT2D eigenvalue weighted by atomic mass is 32.1. The smallest absolute Gasteiger partial charge is 0.255 e. The van der Waals surface area contributed by atoms with Crippen LogP contribution in [0.1, 0.15) is 29.0 Å². The first-order valence-electron chi connectivity index (χ1n) is 8.34. The van der Waals surface area contributed by atoms with E-state index >= 15 is 0 Å². The normalized spacial score (nSPS) is 16.2. The van der Waals surface area contributed by atoms with Gasteiger partial charge in [-0.1, -0.05) is 18.2 Å². The van der Waals surface area contributed by atoms with Crippen LogP contribution in [0.3, 0.4) is 0 Å². The average Bonchev–Trinajstić information content (AvgIpc) is 3.24. The standard InChI is InChI=1S/C19H19N5OS/c1-11-6-4-5-7-14(11)23-18(25)15-13(3)22-19-20-10-21-24(19)16(15)17-12(2)8-9-26-17/h4-10,16H,1-3H3,(H,23,25)(H,20,21,22)/t16-/m1/s1. The van der Waals surface area contributed by atoms with Crippen molar-refractivity contribution in [2.45, 2.75) is 26.8 Å². The monoisotopic (exact) mass is 365 g/mol. The summed E-state index contributed by atoms with van der Waals surface area (Å²) >= 11 is 1.63. The Labute approximate surface area is 155 Å². The molecular formula is C19H19N5OS. The molecule has 0 bridgehead atoms. The molecule has 0 saturated carbocycles. The molecule has 0 aliphatic carbocycles. The largest absolute Gasteiger partial charge is 0.328 e. The molecule has 26 heavy (non-hydrogen) atoms. The SMILES string of the molecule is CC1=C(C(=O)Nc2ccccc2C)[C@H](c2sccc2C)n2ncnc2N1. The van der Waals surface area contributed by atoms with Crippen LogP contribution in [0.2, 0.25) is 0 Å². The molecule has 0 fully saturated rings. The van der Waals surface area contributed by atoms with Gasteiger partial charge in [-0.2, -0.15) is 10.1 Å². The molecule has 7 heteroatoms. The zero-order valence-corrected chi connectivity index (χ0v) is 15.6. The summed E-state index contributed by atoms with van der Waals surface area (Å²) in [4.78, 5) is 18.6. The molecule has 1 atom stereocenters. The maximum absolute atomic E-state index is 13.2. The van der Waals surface area contributed by atoms with Crippen molar-refractivity contribution in [3.05, 3.63) is 69.3 Å². The predicted octanol–water partition coefficient (Wildman–Crippen LogP) is 3.88. The second-order valence-corrected chi connectivity index (χ2v) is 7.28. The molecule has 1 amide bonds. The van der Waals surface area contributed by atoms with E-state index in [1.54, 1.807) is 16.0 Å². The summed E-state index contributed by atoms with van der Waals surface area (Å²) in [7, 11) is 0. The van der Waals surface area contributed by atoms with Gasteiger partial charge < -0.3 is 10.6 Å². The number of hydrogen-bond acceptors (Lipinski definition) is 5. The molecule has 1 aromatic carbocycles. The fraction of sp³-hybridized carbons (Fsp3) is 0.211. The second kappa shape index (κ2) is 6.42. The van der Waals surface area contributed by atoms with Crippen LogP contribution >= 0.6 is 11.3 Å². The molecule has 3 heterocycles. The molecule has 0 radical (unpaired) electrons. The number of fused-ring (bicyclic) bond motifs is 1. The molecule has 132 valence electrons. The van der Waals surface area contributed by atoms with E-state index < -0.39 is 0 Å². The summed E-state index contributed by atoms with van der Waals surface area (Å²) in [5.74, 6) is 0.510. The number of anilines is 2. The van der Waals surface area contributed by atoms with Crippen LogP contribution < -0.4 is 10.6 Å². The van der Waals surface area contributed by atoms with Crippen LogP contribution in [-0.4, -0.2) is 20.7 Å². The molecule has 1 aliphatic rings. The third kappa shape index (κ3) is 2.70. The summed E-state index contributed by atoms with van der Waals surface area (Å²) in [6, 6.07) is 9.53. The summed E-state index contributed by atoms with van der Waals surface area (Å²) in [6.45, 7) is 5.93. The van der Waals surface area contributed by atoms with Crippen molar-refractivity contribution >= 4 is 28.9 Å². The van der Waals surface area contributed by atoms with Gasteiger partial charge >= 0.3 is 0 Å². The quantitative estimate of drug-likeness (QED) is 0.739. The average molecular weight is 365 g/mol. The number of nitrogens with one attached hydrogen (secondary N) is 2. The van der Waals surface area contributed by atoms with Crippen LogP contribution in [-0.2, 0) is 4.79 Å². The van der Waals surface area contributed by atoms with Gasteiger partial charge in [0, 0.05) is 16.3 Å². The Hall–Kier alpha value is -2.93. The molecule has 4 rings (SSSR count). The predicted molar refractivity (Wildman–Crippen MR) is 103 cm³/mol. The van der Waals surface area contributed by atoms with E-state index in [0.717, 1.165) is 27.4 Å². The first-order chi connectivity index (χ1) is 12.6. The van der Waals surface area contributed by atoms with E-state index in [2.05, 4.69) is 33.7 Å². The van der Waals surface area contributed by atoms with Crippen LogP contribution in [0.4, 0.5) is 11.6 Å². The molecule has 1 aliphatic heterocycles. The van der Waals surface area contributed by atoms with Crippen molar-refractivity contribution < 1.29 is 4.79 Å². The minimum atomic E-state index is -0.294. The minimum Gasteiger partial charge on any atom is -0.328 e. The highest BCUT2D eigenvalue weighted by molar-refractivity contribution is 7.10. The van der Waals surface area contributed by atoms with Crippen LogP contribution in [0.5, 0.6) is 0 Å². The number of thiophene rings is 1. The van der Waals surface area contributed by atoms with E-state index in [-0.39, 0.29) is 11.9 Å². The van der Waals surface area contributed by atoms with Gasteiger partial charge in [0.25, 0.3) is 5.91 Å². The van der Waals surface area contributed by atoms with E-state index in [1.165, 1.54) is 6.33 Å². The van der Waals surface area contributed by atoms with Gasteiger partial charge in [-0.15, -0.1) is 11.3 Å². The van der Waals surface area contributed by atoms with Crippen molar-refractivity contribution in [2.24, 2.45) is 0 Å². The lowest BCUT2D eigenvalue weighted by Gasteiger charge is -2.28. The van der Waals surface area contributed by atoms with Crippen molar-refractivity contribution in [3.8, 4) is 0 Å². The highest BCUT2D eigenvalue weighted by Crippen LogP contribution is 2.38. The first-order valence-corrected chi connectivity index (χ1v) is 9.22. The van der Waals surface area contributed by atoms with Gasteiger partial charge in [0.1, 0.15) is 12.4 Å².